The van der Waals surface area contributed by atoms with Crippen LogP contribution in [0, 0.1) is 0 Å². The number of thioether (sulfide) groups is 1. The van der Waals surface area contributed by atoms with Gasteiger partial charge in [-0.05, 0) is 43.6 Å². The number of ether oxygens (including phenoxy) is 1. The summed E-state index contributed by atoms with van der Waals surface area (Å²) in [5, 5.41) is 3.97. The maximum absolute atomic E-state index is 6.33. The van der Waals surface area contributed by atoms with Crippen molar-refractivity contribution < 1.29 is 4.74 Å². The summed E-state index contributed by atoms with van der Waals surface area (Å²) >= 11 is 1.54. The highest BCUT2D eigenvalue weighted by atomic mass is 32.2. The van der Waals surface area contributed by atoms with Crippen LogP contribution in [0.2, 0.25) is 0 Å². The van der Waals surface area contributed by atoms with E-state index in [-0.39, 0.29) is 6.10 Å². The number of benzene rings is 2. The Labute approximate surface area is 159 Å². The summed E-state index contributed by atoms with van der Waals surface area (Å²) in [5.74, 6) is 0.844. The molecule has 4 nitrogen and oxygen atoms in total. The minimum atomic E-state index is 0.00561. The van der Waals surface area contributed by atoms with Gasteiger partial charge >= 0.3 is 0 Å². The number of aromatic nitrogens is 2. The lowest BCUT2D eigenvalue weighted by molar-refractivity contribution is 0.195. The Morgan fingerprint density at radius 2 is 1.92 bits per heavy atom. The summed E-state index contributed by atoms with van der Waals surface area (Å²) in [4.78, 5) is 8.82. The number of hydrogen-bond acceptors (Lipinski definition) is 5. The van der Waals surface area contributed by atoms with E-state index in [2.05, 4.69) is 27.4 Å². The van der Waals surface area contributed by atoms with Crippen LogP contribution in [0.5, 0.6) is 5.75 Å². The number of nitrogens with one attached hydrogen (secondary N) is 1. The molecule has 134 valence electrons. The zero-order valence-corrected chi connectivity index (χ0v) is 15.9. The average Bonchev–Trinajstić information content (AvgIpc) is 2.72. The standard InChI is InChI=1S/C21H23N3OS/c1-22-13-12-20(16-7-4-3-5-8-16)25-18-10-6-9-17(15-18)19-11-14-23-21(24-19)26-2/h3-11,14-15,20,22H,12-13H2,1-2H3. The van der Waals surface area contributed by atoms with E-state index in [9.17, 15) is 0 Å². The van der Waals surface area contributed by atoms with Gasteiger partial charge < -0.3 is 10.1 Å². The lowest BCUT2D eigenvalue weighted by Crippen LogP contribution is -2.16. The minimum Gasteiger partial charge on any atom is -0.486 e. The van der Waals surface area contributed by atoms with E-state index < -0.39 is 0 Å². The minimum absolute atomic E-state index is 0.00561. The summed E-state index contributed by atoms with van der Waals surface area (Å²) < 4.78 is 6.33. The Morgan fingerprint density at radius 1 is 1.08 bits per heavy atom. The van der Waals surface area contributed by atoms with Crippen LogP contribution >= 0.6 is 11.8 Å². The molecule has 0 fully saturated rings. The predicted octanol–water partition coefficient (Wildman–Crippen LogP) is 4.60. The first-order valence-electron chi connectivity index (χ1n) is 8.64. The smallest absolute Gasteiger partial charge is 0.187 e. The van der Waals surface area contributed by atoms with Gasteiger partial charge in [0.1, 0.15) is 11.9 Å². The van der Waals surface area contributed by atoms with Gasteiger partial charge in [-0.1, -0.05) is 54.2 Å². The normalized spacial score (nSPS) is 11.9. The van der Waals surface area contributed by atoms with Crippen LogP contribution in [0.1, 0.15) is 18.1 Å². The van der Waals surface area contributed by atoms with Gasteiger partial charge in [-0.25, -0.2) is 9.97 Å². The molecule has 1 unspecified atom stereocenters. The summed E-state index contributed by atoms with van der Waals surface area (Å²) in [6.45, 7) is 0.891. The summed E-state index contributed by atoms with van der Waals surface area (Å²) in [5.41, 5.74) is 3.11. The first-order chi connectivity index (χ1) is 12.8. The molecule has 0 aliphatic rings. The van der Waals surface area contributed by atoms with E-state index in [4.69, 9.17) is 4.74 Å². The Kier molecular flexibility index (Phi) is 6.63. The van der Waals surface area contributed by atoms with Crippen molar-refractivity contribution in [3.8, 4) is 17.0 Å². The van der Waals surface area contributed by atoms with Crippen LogP contribution in [0.3, 0.4) is 0 Å². The van der Waals surface area contributed by atoms with Crippen LogP contribution in [0.15, 0.2) is 72.0 Å². The Balaban J connectivity index is 1.83. The van der Waals surface area contributed by atoms with Gasteiger partial charge in [0, 0.05) is 18.2 Å². The molecule has 1 heterocycles. The van der Waals surface area contributed by atoms with Crippen molar-refractivity contribution >= 4 is 11.8 Å². The Bertz CT molecular complexity index is 826. The number of rotatable bonds is 8. The summed E-state index contributed by atoms with van der Waals surface area (Å²) in [6.07, 6.45) is 4.67. The van der Waals surface area contributed by atoms with E-state index in [0.717, 1.165) is 35.1 Å². The molecule has 0 bridgehead atoms. The molecule has 26 heavy (non-hydrogen) atoms. The predicted molar refractivity (Wildman–Crippen MR) is 108 cm³/mol. The first kappa shape index (κ1) is 18.4. The molecule has 0 amide bonds. The van der Waals surface area contributed by atoms with Crippen molar-refractivity contribution in [2.75, 3.05) is 19.8 Å². The largest absolute Gasteiger partial charge is 0.486 e. The van der Waals surface area contributed by atoms with Gasteiger partial charge in [-0.15, -0.1) is 0 Å². The van der Waals surface area contributed by atoms with Crippen molar-refractivity contribution in [1.82, 2.24) is 15.3 Å². The molecule has 2 aromatic carbocycles. The highest BCUT2D eigenvalue weighted by Crippen LogP contribution is 2.28. The third-order valence-electron chi connectivity index (χ3n) is 4.05. The van der Waals surface area contributed by atoms with Crippen LogP contribution in [-0.2, 0) is 0 Å². The third kappa shape index (κ3) is 4.84. The highest BCUT2D eigenvalue weighted by molar-refractivity contribution is 7.98. The van der Waals surface area contributed by atoms with Gasteiger partial charge in [-0.2, -0.15) is 0 Å². The lowest BCUT2D eigenvalue weighted by atomic mass is 10.1. The molecule has 1 atom stereocenters. The topological polar surface area (TPSA) is 47.0 Å². The van der Waals surface area contributed by atoms with E-state index >= 15 is 0 Å². The molecule has 3 aromatic rings. The maximum atomic E-state index is 6.33. The fourth-order valence-electron chi connectivity index (χ4n) is 2.73. The zero-order valence-electron chi connectivity index (χ0n) is 15.1. The van der Waals surface area contributed by atoms with E-state index in [1.807, 2.05) is 61.8 Å². The van der Waals surface area contributed by atoms with E-state index in [1.54, 1.807) is 6.20 Å². The fraction of sp³-hybridized carbons (Fsp3) is 0.238. The van der Waals surface area contributed by atoms with Crippen molar-refractivity contribution in [2.45, 2.75) is 17.7 Å². The second kappa shape index (κ2) is 9.36. The Hall–Kier alpha value is -2.37. The molecule has 0 saturated heterocycles. The number of hydrogen-bond donors (Lipinski definition) is 1. The van der Waals surface area contributed by atoms with Crippen LogP contribution < -0.4 is 10.1 Å². The molecule has 0 aliphatic heterocycles. The van der Waals surface area contributed by atoms with Crippen molar-refractivity contribution in [3.05, 3.63) is 72.4 Å². The summed E-state index contributed by atoms with van der Waals surface area (Å²) in [6, 6.07) is 20.4. The molecule has 0 radical (unpaired) electrons. The van der Waals surface area contributed by atoms with Crippen molar-refractivity contribution in [2.24, 2.45) is 0 Å². The van der Waals surface area contributed by atoms with Gasteiger partial charge in [0.2, 0.25) is 0 Å². The van der Waals surface area contributed by atoms with E-state index in [1.165, 1.54) is 17.3 Å². The molecule has 3 rings (SSSR count). The zero-order chi connectivity index (χ0) is 18.2. The monoisotopic (exact) mass is 365 g/mol. The Morgan fingerprint density at radius 3 is 2.69 bits per heavy atom. The molecular formula is C21H23N3OS. The molecular weight excluding hydrogens is 342 g/mol. The maximum Gasteiger partial charge on any atom is 0.187 e. The van der Waals surface area contributed by atoms with Crippen molar-refractivity contribution in [1.29, 1.82) is 0 Å². The van der Waals surface area contributed by atoms with Crippen LogP contribution in [0.4, 0.5) is 0 Å². The van der Waals surface area contributed by atoms with Crippen LogP contribution in [-0.4, -0.2) is 29.8 Å². The summed E-state index contributed by atoms with van der Waals surface area (Å²) in [7, 11) is 1.96. The quantitative estimate of drug-likeness (QED) is 0.467. The first-order valence-corrected chi connectivity index (χ1v) is 9.86. The molecule has 0 spiro atoms. The average molecular weight is 366 g/mol. The third-order valence-corrected chi connectivity index (χ3v) is 4.61. The van der Waals surface area contributed by atoms with Gasteiger partial charge in [0.15, 0.2) is 5.16 Å². The molecule has 5 heteroatoms. The SMILES string of the molecule is CNCCC(Oc1cccc(-c2ccnc(SC)n2)c1)c1ccccc1. The van der Waals surface area contributed by atoms with Gasteiger partial charge in [0.25, 0.3) is 0 Å². The number of nitrogens with zero attached hydrogens (tertiary/aromatic N) is 2. The van der Waals surface area contributed by atoms with Crippen LogP contribution in [0.25, 0.3) is 11.3 Å². The lowest BCUT2D eigenvalue weighted by Gasteiger charge is -2.20. The van der Waals surface area contributed by atoms with Gasteiger partial charge in [-0.3, -0.25) is 0 Å². The molecule has 1 N–H and O–H groups in total. The second-order valence-electron chi connectivity index (χ2n) is 5.87. The van der Waals surface area contributed by atoms with E-state index in [0.29, 0.717) is 0 Å². The van der Waals surface area contributed by atoms with Gasteiger partial charge in [0.05, 0.1) is 5.69 Å². The second-order valence-corrected chi connectivity index (χ2v) is 6.64. The molecule has 1 aromatic heterocycles. The fourth-order valence-corrected chi connectivity index (χ4v) is 3.09. The molecule has 0 aliphatic carbocycles. The molecule has 0 saturated carbocycles. The van der Waals surface area contributed by atoms with Crippen molar-refractivity contribution in [3.63, 3.8) is 0 Å². The highest BCUT2D eigenvalue weighted by Gasteiger charge is 2.13.